The van der Waals surface area contributed by atoms with Crippen molar-refractivity contribution < 1.29 is 17.3 Å². The van der Waals surface area contributed by atoms with Gasteiger partial charge in [0.05, 0.1) is 0 Å². The summed E-state index contributed by atoms with van der Waals surface area (Å²) in [6.07, 6.45) is 35.1. The second kappa shape index (κ2) is 15.0. The molecule has 0 amide bonds. The van der Waals surface area contributed by atoms with Crippen LogP contribution in [0.25, 0.3) is 0 Å². The molecule has 7 heteroatoms. The molecule has 0 spiro atoms. The molecule has 0 aromatic carbocycles. The van der Waals surface area contributed by atoms with E-state index in [-0.39, 0.29) is 0 Å². The van der Waals surface area contributed by atoms with Crippen LogP contribution in [0.5, 0.6) is 0 Å². The lowest BCUT2D eigenvalue weighted by molar-refractivity contribution is 0.368. The zero-order chi connectivity index (χ0) is 23.5. The molecule has 0 atom stereocenters. The third-order valence-electron chi connectivity index (χ3n) is 8.79. The first kappa shape index (κ1) is 28.2. The Morgan fingerprint density at radius 3 is 0.758 bits per heavy atom. The Hall–Kier alpha value is 0.645. The first-order valence-electron chi connectivity index (χ1n) is 14.3. The van der Waals surface area contributed by atoms with Crippen LogP contribution in [0.3, 0.4) is 0 Å². The maximum absolute atomic E-state index is 9.75. The Morgan fingerprint density at radius 1 is 0.394 bits per heavy atom. The van der Waals surface area contributed by atoms with E-state index < -0.39 is 7.25 Å². The quantitative estimate of drug-likeness (QED) is 0.182. The minimum atomic E-state index is -6.00. The van der Waals surface area contributed by atoms with Gasteiger partial charge < -0.3 is 17.3 Å². The van der Waals surface area contributed by atoms with Gasteiger partial charge in [-0.15, -0.1) is 0 Å². The zero-order valence-electron chi connectivity index (χ0n) is 20.8. The van der Waals surface area contributed by atoms with Crippen LogP contribution < -0.4 is 0 Å². The third-order valence-corrected chi connectivity index (χ3v) is 16.4. The first-order chi connectivity index (χ1) is 15.9. The first-order valence-corrected chi connectivity index (χ1v) is 17.6. The van der Waals surface area contributed by atoms with Gasteiger partial charge in [0.1, 0.15) is 0 Å². The largest absolute Gasteiger partial charge is 0.673 e. The van der Waals surface area contributed by atoms with Crippen LogP contribution in [0.15, 0.2) is 0 Å². The molecular formula is C26H48BF4P2-. The lowest BCUT2D eigenvalue weighted by Gasteiger charge is -2.42. The molecule has 0 aromatic heterocycles. The van der Waals surface area contributed by atoms with Gasteiger partial charge in [0.2, 0.25) is 0 Å². The van der Waals surface area contributed by atoms with Gasteiger partial charge in [-0.1, -0.05) is 92.9 Å². The van der Waals surface area contributed by atoms with Crippen LogP contribution in [0.4, 0.5) is 17.3 Å². The smallest absolute Gasteiger partial charge is 0.418 e. The molecule has 0 heterocycles. The zero-order valence-corrected chi connectivity index (χ0v) is 22.6. The number of rotatable bonds is 7. The van der Waals surface area contributed by atoms with Gasteiger partial charge in [0.25, 0.3) is 0 Å². The molecule has 0 bridgehead atoms. The minimum absolute atomic E-state index is 0.345. The topological polar surface area (TPSA) is 0 Å². The molecule has 0 aliphatic heterocycles. The Bertz CT molecular complexity index is 427. The summed E-state index contributed by atoms with van der Waals surface area (Å²) in [7, 11) is -5.31. The summed E-state index contributed by atoms with van der Waals surface area (Å²) in [5.74, 6) is 0. The van der Waals surface area contributed by atoms with Crippen molar-refractivity contribution in [2.45, 2.75) is 151 Å². The Morgan fingerprint density at radius 2 is 0.576 bits per heavy atom. The molecule has 4 aliphatic carbocycles. The summed E-state index contributed by atoms with van der Waals surface area (Å²) in [5, 5.41) is 0. The molecule has 4 aliphatic rings. The van der Waals surface area contributed by atoms with Crippen LogP contribution >= 0.6 is 15.8 Å². The molecule has 194 valence electrons. The van der Waals surface area contributed by atoms with Gasteiger partial charge >= 0.3 is 7.25 Å². The van der Waals surface area contributed by atoms with Crippen molar-refractivity contribution in [3.05, 3.63) is 0 Å². The molecule has 33 heavy (non-hydrogen) atoms. The molecule has 4 saturated carbocycles. The molecule has 0 aromatic rings. The van der Waals surface area contributed by atoms with E-state index in [1.165, 1.54) is 22.6 Å². The van der Waals surface area contributed by atoms with Gasteiger partial charge in [-0.25, -0.2) is 0 Å². The van der Waals surface area contributed by atoms with Gasteiger partial charge in [-0.3, -0.25) is 0 Å². The Kier molecular flexibility index (Phi) is 12.8. The molecule has 4 fully saturated rings. The average Bonchev–Trinajstić information content (AvgIpc) is 2.83. The average molecular weight is 509 g/mol. The van der Waals surface area contributed by atoms with E-state index in [9.17, 15) is 17.3 Å². The summed E-state index contributed by atoms with van der Waals surface area (Å²) in [6, 6.07) is 0. The van der Waals surface area contributed by atoms with Gasteiger partial charge in [-0.05, 0) is 86.3 Å². The van der Waals surface area contributed by atoms with Crippen molar-refractivity contribution in [3.8, 4) is 0 Å². The van der Waals surface area contributed by atoms with Crippen LogP contribution in [-0.2, 0) is 0 Å². The minimum Gasteiger partial charge on any atom is -0.418 e. The predicted octanol–water partition coefficient (Wildman–Crippen LogP) is 10.6. The van der Waals surface area contributed by atoms with Crippen LogP contribution in [0, 0.1) is 0 Å². The normalized spacial score (nSPS) is 25.3. The monoisotopic (exact) mass is 509 g/mol. The highest BCUT2D eigenvalue weighted by molar-refractivity contribution is 7.63. The van der Waals surface area contributed by atoms with E-state index in [0.717, 1.165) is 0 Å². The van der Waals surface area contributed by atoms with Crippen LogP contribution in [0.1, 0.15) is 128 Å². The standard InChI is InChI=1S/C26H48P2.BF4/c1-5-13-23(14-6-1)27(24-15-7-2-8-16-24)21-22-28(25-17-9-3-10-18-25)26-19-11-4-12-20-26;2-1(3,4)5/h23-26H,1-22H2;/q;-1. The number of hydrogen-bond acceptors (Lipinski definition) is 0. The maximum atomic E-state index is 9.75. The summed E-state index contributed by atoms with van der Waals surface area (Å²) in [4.78, 5) is 0. The summed E-state index contributed by atoms with van der Waals surface area (Å²) >= 11 is 0. The Labute approximate surface area is 203 Å². The molecule has 0 unspecified atom stereocenters. The molecule has 0 N–H and O–H groups in total. The van der Waals surface area contributed by atoms with Gasteiger partial charge in [0.15, 0.2) is 0 Å². The maximum Gasteiger partial charge on any atom is 0.673 e. The van der Waals surface area contributed by atoms with Crippen LogP contribution in [-0.4, -0.2) is 42.2 Å². The molecule has 4 rings (SSSR count). The van der Waals surface area contributed by atoms with Crippen molar-refractivity contribution in [3.63, 3.8) is 0 Å². The molecule has 0 radical (unpaired) electrons. The van der Waals surface area contributed by atoms with Crippen LogP contribution in [0.2, 0.25) is 0 Å². The van der Waals surface area contributed by atoms with E-state index in [4.69, 9.17) is 0 Å². The van der Waals surface area contributed by atoms with E-state index in [1.807, 2.05) is 0 Å². The molecular weight excluding hydrogens is 461 g/mol. The summed E-state index contributed by atoms with van der Waals surface area (Å²) in [5.41, 5.74) is 4.73. The highest BCUT2D eigenvalue weighted by Crippen LogP contribution is 2.61. The number of halogens is 4. The molecule has 0 saturated heterocycles. The van der Waals surface area contributed by atoms with E-state index in [1.54, 1.807) is 141 Å². The van der Waals surface area contributed by atoms with E-state index >= 15 is 0 Å². The molecule has 0 nitrogen and oxygen atoms in total. The lowest BCUT2D eigenvalue weighted by Crippen LogP contribution is -2.26. The second-order valence-corrected chi connectivity index (χ2v) is 17.0. The van der Waals surface area contributed by atoms with E-state index in [2.05, 4.69) is 0 Å². The fourth-order valence-corrected chi connectivity index (χ4v) is 15.8. The Balaban J connectivity index is 0.000000555. The van der Waals surface area contributed by atoms with Crippen molar-refractivity contribution in [1.29, 1.82) is 0 Å². The summed E-state index contributed by atoms with van der Waals surface area (Å²) < 4.78 is 39.0. The highest BCUT2D eigenvalue weighted by atomic mass is 31.1. The summed E-state index contributed by atoms with van der Waals surface area (Å²) in [6.45, 7) is 0. The predicted molar refractivity (Wildman–Crippen MR) is 141 cm³/mol. The second-order valence-electron chi connectivity index (χ2n) is 11.1. The number of hydrogen-bond donors (Lipinski definition) is 0. The SMILES string of the molecule is C1CCC(P(CCP(C2CCCCC2)C2CCCCC2)C2CCCCC2)CC1.F[B-](F)(F)F. The third kappa shape index (κ3) is 10.7. The van der Waals surface area contributed by atoms with Crippen molar-refractivity contribution in [2.75, 3.05) is 12.3 Å². The van der Waals surface area contributed by atoms with Crippen molar-refractivity contribution >= 4 is 23.1 Å². The lowest BCUT2D eigenvalue weighted by atomic mass is 9.99. The van der Waals surface area contributed by atoms with E-state index in [0.29, 0.717) is 15.8 Å². The fraction of sp³-hybridized carbons (Fsp3) is 1.00. The van der Waals surface area contributed by atoms with Crippen molar-refractivity contribution in [2.24, 2.45) is 0 Å². The van der Waals surface area contributed by atoms with Gasteiger partial charge in [-0.2, -0.15) is 0 Å². The fourth-order valence-electron chi connectivity index (χ4n) is 7.21. The van der Waals surface area contributed by atoms with Crippen molar-refractivity contribution in [1.82, 2.24) is 0 Å². The van der Waals surface area contributed by atoms with Gasteiger partial charge in [0, 0.05) is 0 Å². The highest BCUT2D eigenvalue weighted by Gasteiger charge is 2.35.